The first-order valence-corrected chi connectivity index (χ1v) is 12.2. The van der Waals surface area contributed by atoms with Gasteiger partial charge in [0.05, 0.1) is 18.0 Å². The lowest BCUT2D eigenvalue weighted by atomic mass is 10.1. The minimum atomic E-state index is 0.0885. The predicted octanol–water partition coefficient (Wildman–Crippen LogP) is 2.76. The molecule has 0 unspecified atom stereocenters. The zero-order chi connectivity index (χ0) is 24.9. The number of aliphatic hydroxyl groups excluding tert-OH is 1. The summed E-state index contributed by atoms with van der Waals surface area (Å²) < 4.78 is 5.65. The second kappa shape index (κ2) is 10.8. The van der Waals surface area contributed by atoms with Gasteiger partial charge in [-0.15, -0.1) is 0 Å². The van der Waals surface area contributed by atoms with Gasteiger partial charge in [0.25, 0.3) is 0 Å². The van der Waals surface area contributed by atoms with Gasteiger partial charge < -0.3 is 25.0 Å². The van der Waals surface area contributed by atoms with Gasteiger partial charge in [-0.05, 0) is 48.5 Å². The number of aromatic nitrogens is 3. The number of hydrogen-bond acceptors (Lipinski definition) is 8. The maximum absolute atomic E-state index is 13.0. The van der Waals surface area contributed by atoms with Crippen LogP contribution in [0.2, 0.25) is 0 Å². The average Bonchev–Trinajstić information content (AvgIpc) is 3.33. The summed E-state index contributed by atoms with van der Waals surface area (Å²) in [5.41, 5.74) is 5.23. The summed E-state index contributed by atoms with van der Waals surface area (Å²) in [6.07, 6.45) is 6.60. The van der Waals surface area contributed by atoms with Gasteiger partial charge in [0.15, 0.2) is 0 Å². The third-order valence-corrected chi connectivity index (χ3v) is 6.40. The summed E-state index contributed by atoms with van der Waals surface area (Å²) in [7, 11) is 2.09. The molecule has 3 aromatic rings. The summed E-state index contributed by atoms with van der Waals surface area (Å²) >= 11 is 0. The molecule has 186 valence electrons. The first-order chi connectivity index (χ1) is 17.6. The molecule has 2 aliphatic rings. The fourth-order valence-electron chi connectivity index (χ4n) is 4.35. The fraction of sp³-hybridized carbons (Fsp3) is 0.333. The molecule has 0 bridgehead atoms. The minimum Gasteiger partial charge on any atom is -0.493 e. The van der Waals surface area contributed by atoms with Crippen molar-refractivity contribution in [3.05, 3.63) is 65.5 Å². The predicted molar refractivity (Wildman–Crippen MR) is 138 cm³/mol. The third-order valence-electron chi connectivity index (χ3n) is 6.40. The number of anilines is 2. The van der Waals surface area contributed by atoms with Crippen LogP contribution >= 0.6 is 0 Å². The number of aliphatic hydroxyl groups is 1. The second-order valence-electron chi connectivity index (χ2n) is 9.05. The molecule has 0 atom stereocenters. The van der Waals surface area contributed by atoms with E-state index in [4.69, 9.17) is 9.84 Å². The van der Waals surface area contributed by atoms with Crippen LogP contribution in [0, 0.1) is 0 Å². The molecule has 0 radical (unpaired) electrons. The largest absolute Gasteiger partial charge is 0.493 e. The summed E-state index contributed by atoms with van der Waals surface area (Å²) in [4.78, 5) is 30.6. The highest BCUT2D eigenvalue weighted by atomic mass is 16.5. The Balaban J connectivity index is 1.28. The molecule has 1 aromatic carbocycles. The molecule has 0 saturated carbocycles. The van der Waals surface area contributed by atoms with Gasteiger partial charge in [-0.2, -0.15) is 0 Å². The lowest BCUT2D eigenvalue weighted by Crippen LogP contribution is -2.47. The zero-order valence-corrected chi connectivity index (χ0v) is 20.4. The standard InChI is InChI=1S/C27H30N6O3/c1-32-9-11-33(12-10-32)26(35)21-15-19-3-4-22(17-20(19)16-21)30-27-29-8-6-24(31-27)25-18-23(5-7-28-25)36-14-2-13-34/h3-8,16-18,34H,2,9-15H2,1H3,(H,29,30,31). The first kappa shape index (κ1) is 23.9. The van der Waals surface area contributed by atoms with Crippen molar-refractivity contribution in [3.8, 4) is 17.1 Å². The van der Waals surface area contributed by atoms with Crippen molar-refractivity contribution < 1.29 is 14.6 Å². The van der Waals surface area contributed by atoms with Crippen molar-refractivity contribution in [3.63, 3.8) is 0 Å². The molecule has 5 rings (SSSR count). The Kier molecular flexibility index (Phi) is 7.20. The van der Waals surface area contributed by atoms with E-state index in [0.29, 0.717) is 42.5 Å². The Hall–Kier alpha value is -3.82. The molecule has 2 N–H and O–H groups in total. The summed E-state index contributed by atoms with van der Waals surface area (Å²) in [5.74, 6) is 1.27. The van der Waals surface area contributed by atoms with Crippen molar-refractivity contribution >= 4 is 23.6 Å². The lowest BCUT2D eigenvalue weighted by molar-refractivity contribution is -0.128. The first-order valence-electron chi connectivity index (χ1n) is 12.2. The Morgan fingerprint density at radius 2 is 1.89 bits per heavy atom. The molecule has 36 heavy (non-hydrogen) atoms. The van der Waals surface area contributed by atoms with Gasteiger partial charge in [-0.25, -0.2) is 9.97 Å². The maximum atomic E-state index is 13.0. The van der Waals surface area contributed by atoms with Crippen molar-refractivity contribution in [2.75, 3.05) is 51.8 Å². The molecule has 3 heterocycles. The van der Waals surface area contributed by atoms with E-state index in [1.165, 1.54) is 0 Å². The molecular weight excluding hydrogens is 456 g/mol. The van der Waals surface area contributed by atoms with Crippen LogP contribution in [0.4, 0.5) is 11.6 Å². The Morgan fingerprint density at radius 1 is 1.06 bits per heavy atom. The maximum Gasteiger partial charge on any atom is 0.250 e. The number of pyridine rings is 1. The van der Waals surface area contributed by atoms with E-state index in [9.17, 15) is 4.79 Å². The number of fused-ring (bicyclic) bond motifs is 1. The van der Waals surface area contributed by atoms with Gasteiger partial charge in [-0.1, -0.05) is 6.07 Å². The third kappa shape index (κ3) is 5.53. The highest BCUT2D eigenvalue weighted by Gasteiger charge is 2.25. The van der Waals surface area contributed by atoms with Crippen LogP contribution < -0.4 is 10.1 Å². The molecule has 1 aliphatic heterocycles. The molecule has 9 heteroatoms. The van der Waals surface area contributed by atoms with Crippen LogP contribution in [-0.2, 0) is 11.2 Å². The average molecular weight is 487 g/mol. The van der Waals surface area contributed by atoms with E-state index >= 15 is 0 Å². The monoisotopic (exact) mass is 486 g/mol. The zero-order valence-electron chi connectivity index (χ0n) is 20.4. The number of carbonyl (C=O) groups is 1. The Bertz CT molecular complexity index is 1270. The van der Waals surface area contributed by atoms with E-state index in [0.717, 1.165) is 48.6 Å². The lowest BCUT2D eigenvalue weighted by Gasteiger charge is -2.32. The topological polar surface area (TPSA) is 104 Å². The van der Waals surface area contributed by atoms with Crippen LogP contribution in [0.25, 0.3) is 17.5 Å². The quantitative estimate of drug-likeness (QED) is 0.469. The second-order valence-corrected chi connectivity index (χ2v) is 9.05. The number of piperazine rings is 1. The number of rotatable bonds is 8. The van der Waals surface area contributed by atoms with Crippen LogP contribution in [0.5, 0.6) is 5.75 Å². The number of nitrogens with one attached hydrogen (secondary N) is 1. The van der Waals surface area contributed by atoms with Gasteiger partial charge in [0.1, 0.15) is 5.75 Å². The van der Waals surface area contributed by atoms with Crippen LogP contribution in [0.1, 0.15) is 17.5 Å². The summed E-state index contributed by atoms with van der Waals surface area (Å²) in [6.45, 7) is 3.90. The molecule has 0 spiro atoms. The normalized spacial score (nSPS) is 15.4. The smallest absolute Gasteiger partial charge is 0.250 e. The number of benzene rings is 1. The number of carbonyl (C=O) groups excluding carboxylic acids is 1. The minimum absolute atomic E-state index is 0.0885. The number of nitrogens with zero attached hydrogens (tertiary/aromatic N) is 5. The number of likely N-dealkylation sites (N-methyl/N-ethyl adjacent to an activating group) is 1. The molecule has 1 saturated heterocycles. The number of hydrogen-bond donors (Lipinski definition) is 2. The number of amides is 1. The highest BCUT2D eigenvalue weighted by molar-refractivity contribution is 6.00. The summed E-state index contributed by atoms with van der Waals surface area (Å²) in [5, 5.41) is 12.2. The molecule has 1 aliphatic carbocycles. The SMILES string of the molecule is CN1CCN(C(=O)C2=Cc3cc(Nc4nccc(-c5cc(OCCCO)ccn5)n4)ccc3C2)CC1. The molecular formula is C27H30N6O3. The van der Waals surface area contributed by atoms with Crippen molar-refractivity contribution in [2.45, 2.75) is 12.8 Å². The van der Waals surface area contributed by atoms with Crippen molar-refractivity contribution in [1.82, 2.24) is 24.8 Å². The van der Waals surface area contributed by atoms with E-state index in [-0.39, 0.29) is 12.5 Å². The number of ether oxygens (including phenoxy) is 1. The Morgan fingerprint density at radius 3 is 2.72 bits per heavy atom. The molecule has 1 fully saturated rings. The van der Waals surface area contributed by atoms with E-state index in [1.807, 2.05) is 29.2 Å². The van der Waals surface area contributed by atoms with Gasteiger partial charge >= 0.3 is 0 Å². The van der Waals surface area contributed by atoms with Crippen LogP contribution in [-0.4, -0.2) is 82.2 Å². The van der Waals surface area contributed by atoms with Crippen molar-refractivity contribution in [1.29, 1.82) is 0 Å². The molecule has 2 aromatic heterocycles. The van der Waals surface area contributed by atoms with Crippen LogP contribution in [0.15, 0.2) is 54.4 Å². The van der Waals surface area contributed by atoms with Gasteiger partial charge in [-0.3, -0.25) is 9.78 Å². The Labute approximate surface area is 210 Å². The molecule has 9 nitrogen and oxygen atoms in total. The van der Waals surface area contributed by atoms with Gasteiger partial charge in [0.2, 0.25) is 11.9 Å². The van der Waals surface area contributed by atoms with E-state index in [1.54, 1.807) is 24.5 Å². The van der Waals surface area contributed by atoms with E-state index < -0.39 is 0 Å². The molecule has 1 amide bonds. The van der Waals surface area contributed by atoms with Crippen LogP contribution in [0.3, 0.4) is 0 Å². The summed E-state index contributed by atoms with van der Waals surface area (Å²) in [6, 6.07) is 11.5. The highest BCUT2D eigenvalue weighted by Crippen LogP contribution is 2.30. The van der Waals surface area contributed by atoms with Crippen molar-refractivity contribution in [2.24, 2.45) is 0 Å². The van der Waals surface area contributed by atoms with Gasteiger partial charge in [0, 0.05) is 75.3 Å². The van der Waals surface area contributed by atoms with E-state index in [2.05, 4.69) is 38.3 Å². The fourth-order valence-corrected chi connectivity index (χ4v) is 4.35.